The van der Waals surface area contributed by atoms with E-state index in [0.29, 0.717) is 13.1 Å². The highest BCUT2D eigenvalue weighted by atomic mass is 16.3. The fourth-order valence-electron chi connectivity index (χ4n) is 1.27. The summed E-state index contributed by atoms with van der Waals surface area (Å²) >= 11 is 0. The molecule has 1 aromatic rings. The van der Waals surface area contributed by atoms with Gasteiger partial charge in [-0.1, -0.05) is 18.2 Å². The van der Waals surface area contributed by atoms with Gasteiger partial charge in [-0.15, -0.1) is 0 Å². The largest absolute Gasteiger partial charge is 0.846 e. The second-order valence-electron chi connectivity index (χ2n) is 2.65. The summed E-state index contributed by atoms with van der Waals surface area (Å²) in [7, 11) is 0. The maximum atomic E-state index is 11.1. The molecule has 1 heterocycles. The Hall–Kier alpha value is -1.51. The van der Waals surface area contributed by atoms with Crippen molar-refractivity contribution in [2.24, 2.45) is 4.99 Å². The van der Waals surface area contributed by atoms with Gasteiger partial charge >= 0.3 is 0 Å². The Morgan fingerprint density at radius 3 is 2.58 bits per heavy atom. The van der Waals surface area contributed by atoms with Crippen LogP contribution in [0.4, 0.5) is 5.69 Å². The van der Waals surface area contributed by atoms with E-state index in [9.17, 15) is 5.11 Å². The summed E-state index contributed by atoms with van der Waals surface area (Å²) < 4.78 is 0. The molecule has 0 spiro atoms. The highest BCUT2D eigenvalue weighted by Crippen LogP contribution is 2.14. The van der Waals surface area contributed by atoms with E-state index in [4.69, 9.17) is 0 Å². The first-order valence-corrected chi connectivity index (χ1v) is 3.92. The molecule has 0 unspecified atom stereocenters. The van der Waals surface area contributed by atoms with Crippen molar-refractivity contribution in [2.75, 3.05) is 18.0 Å². The third-order valence-electron chi connectivity index (χ3n) is 1.87. The molecule has 0 fully saturated rings. The lowest BCUT2D eigenvalue weighted by atomic mass is 10.3. The van der Waals surface area contributed by atoms with Crippen molar-refractivity contribution in [3.63, 3.8) is 0 Å². The number of hydrogen-bond donors (Lipinski definition) is 0. The second kappa shape index (κ2) is 2.85. The lowest BCUT2D eigenvalue weighted by molar-refractivity contribution is -0.216. The lowest BCUT2D eigenvalue weighted by Crippen LogP contribution is -2.36. The predicted molar refractivity (Wildman–Crippen MR) is 46.1 cm³/mol. The molecule has 62 valence electrons. The number of nitrogens with zero attached hydrogens (tertiary/aromatic N) is 2. The molecule has 1 aromatic carbocycles. The molecule has 0 aromatic heterocycles. The second-order valence-corrected chi connectivity index (χ2v) is 2.65. The minimum absolute atomic E-state index is 0.124. The van der Waals surface area contributed by atoms with Crippen molar-refractivity contribution in [1.82, 2.24) is 0 Å². The van der Waals surface area contributed by atoms with Crippen molar-refractivity contribution in [3.8, 4) is 0 Å². The van der Waals surface area contributed by atoms with E-state index in [1.165, 1.54) is 0 Å². The van der Waals surface area contributed by atoms with Gasteiger partial charge < -0.3 is 10.0 Å². The predicted octanol–water partition coefficient (Wildman–Crippen LogP) is 0.223. The van der Waals surface area contributed by atoms with Gasteiger partial charge in [0.2, 0.25) is 0 Å². The van der Waals surface area contributed by atoms with Crippen LogP contribution >= 0.6 is 0 Å². The summed E-state index contributed by atoms with van der Waals surface area (Å²) in [5.41, 5.74) is 0.934. The summed E-state index contributed by atoms with van der Waals surface area (Å²) in [4.78, 5) is 5.46. The van der Waals surface area contributed by atoms with Crippen molar-refractivity contribution in [1.29, 1.82) is 0 Å². The molecule has 0 atom stereocenters. The van der Waals surface area contributed by atoms with Gasteiger partial charge in [0.1, 0.15) is 0 Å². The lowest BCUT2D eigenvalue weighted by Gasteiger charge is -2.23. The first kappa shape index (κ1) is 7.16. The van der Waals surface area contributed by atoms with Crippen LogP contribution in [0.2, 0.25) is 0 Å². The van der Waals surface area contributed by atoms with Crippen LogP contribution in [0, 0.1) is 0 Å². The number of anilines is 1. The van der Waals surface area contributed by atoms with E-state index in [-0.39, 0.29) is 6.02 Å². The number of hydrogen-bond acceptors (Lipinski definition) is 3. The zero-order valence-electron chi connectivity index (χ0n) is 6.60. The molecule has 1 aliphatic rings. The van der Waals surface area contributed by atoms with Gasteiger partial charge in [0.15, 0.2) is 0 Å². The third-order valence-corrected chi connectivity index (χ3v) is 1.87. The Morgan fingerprint density at radius 2 is 2.00 bits per heavy atom. The quantitative estimate of drug-likeness (QED) is 0.591. The van der Waals surface area contributed by atoms with Gasteiger partial charge in [-0.3, -0.25) is 4.99 Å². The van der Waals surface area contributed by atoms with E-state index >= 15 is 0 Å². The molecular weight excluding hydrogens is 152 g/mol. The van der Waals surface area contributed by atoms with Crippen LogP contribution in [-0.4, -0.2) is 19.1 Å². The van der Waals surface area contributed by atoms with E-state index in [2.05, 4.69) is 4.99 Å². The van der Waals surface area contributed by atoms with Crippen LogP contribution < -0.4 is 10.0 Å². The van der Waals surface area contributed by atoms with Crippen LogP contribution in [-0.2, 0) is 0 Å². The standard InChI is InChI=1S/C9H10N2O/c12-9-10-6-7-11(9)8-4-2-1-3-5-8/h1-5H,6-7H2,(H,10,12)/p-1. The van der Waals surface area contributed by atoms with Crippen LogP contribution in [0.25, 0.3) is 0 Å². The van der Waals surface area contributed by atoms with E-state index in [1.807, 2.05) is 30.3 Å². The fourth-order valence-corrected chi connectivity index (χ4v) is 1.27. The minimum Gasteiger partial charge on any atom is -0.846 e. The SMILES string of the molecule is [O-]C1=NCCN1c1ccccc1. The molecule has 0 radical (unpaired) electrons. The summed E-state index contributed by atoms with van der Waals surface area (Å²) in [5, 5.41) is 11.1. The van der Waals surface area contributed by atoms with Gasteiger partial charge in [-0.2, -0.15) is 0 Å². The number of benzene rings is 1. The molecule has 3 nitrogen and oxygen atoms in total. The Bertz CT molecular complexity index is 295. The zero-order valence-corrected chi connectivity index (χ0v) is 6.60. The van der Waals surface area contributed by atoms with Crippen molar-refractivity contribution >= 4 is 11.7 Å². The molecule has 12 heavy (non-hydrogen) atoms. The highest BCUT2D eigenvalue weighted by molar-refractivity contribution is 5.90. The maximum absolute atomic E-state index is 11.1. The van der Waals surface area contributed by atoms with Crippen molar-refractivity contribution in [2.45, 2.75) is 0 Å². The Morgan fingerprint density at radius 1 is 1.25 bits per heavy atom. The zero-order chi connectivity index (χ0) is 8.39. The van der Waals surface area contributed by atoms with Gasteiger partial charge in [-0.05, 0) is 12.1 Å². The third kappa shape index (κ3) is 1.13. The van der Waals surface area contributed by atoms with Gasteiger partial charge in [0.05, 0.1) is 12.6 Å². The molecule has 0 aliphatic carbocycles. The Balaban J connectivity index is 2.27. The first-order valence-electron chi connectivity index (χ1n) is 3.92. The van der Waals surface area contributed by atoms with E-state index < -0.39 is 0 Å². The average molecular weight is 161 g/mol. The van der Waals surface area contributed by atoms with Crippen LogP contribution in [0.3, 0.4) is 0 Å². The maximum Gasteiger partial charge on any atom is 0.0579 e. The summed E-state index contributed by atoms with van der Waals surface area (Å²) in [5.74, 6) is 0. The molecular formula is C9H9N2O-. The minimum atomic E-state index is -0.124. The number of aliphatic imine (C=N–C) groups is 1. The Kier molecular flexibility index (Phi) is 1.70. The molecule has 0 amide bonds. The molecule has 0 bridgehead atoms. The summed E-state index contributed by atoms with van der Waals surface area (Å²) in [6.07, 6.45) is 0. The van der Waals surface area contributed by atoms with E-state index in [1.54, 1.807) is 4.90 Å². The number of rotatable bonds is 1. The number of para-hydroxylation sites is 1. The van der Waals surface area contributed by atoms with Crippen LogP contribution in [0.5, 0.6) is 0 Å². The van der Waals surface area contributed by atoms with Crippen LogP contribution in [0.1, 0.15) is 0 Å². The molecule has 0 N–H and O–H groups in total. The Labute approximate surface area is 71.0 Å². The summed E-state index contributed by atoms with van der Waals surface area (Å²) in [6.45, 7) is 1.33. The highest BCUT2D eigenvalue weighted by Gasteiger charge is 2.09. The van der Waals surface area contributed by atoms with E-state index in [0.717, 1.165) is 5.69 Å². The monoisotopic (exact) mass is 161 g/mol. The van der Waals surface area contributed by atoms with Crippen molar-refractivity contribution < 1.29 is 5.11 Å². The molecule has 0 saturated heterocycles. The first-order chi connectivity index (χ1) is 5.88. The molecule has 3 heteroatoms. The van der Waals surface area contributed by atoms with Gasteiger partial charge in [0, 0.05) is 12.2 Å². The smallest absolute Gasteiger partial charge is 0.0579 e. The molecule has 2 rings (SSSR count). The normalized spacial score (nSPS) is 16.3. The topological polar surface area (TPSA) is 38.7 Å². The molecule has 0 saturated carbocycles. The fraction of sp³-hybridized carbons (Fsp3) is 0.222. The van der Waals surface area contributed by atoms with Gasteiger partial charge in [0.25, 0.3) is 0 Å². The van der Waals surface area contributed by atoms with Crippen molar-refractivity contribution in [3.05, 3.63) is 30.3 Å². The summed E-state index contributed by atoms with van der Waals surface area (Å²) in [6, 6.07) is 9.47. The number of amidine groups is 1. The van der Waals surface area contributed by atoms with Gasteiger partial charge in [-0.25, -0.2) is 0 Å². The average Bonchev–Trinajstić information content (AvgIpc) is 2.53. The molecule has 1 aliphatic heterocycles. The van der Waals surface area contributed by atoms with Crippen LogP contribution in [0.15, 0.2) is 35.3 Å².